The van der Waals surface area contributed by atoms with Gasteiger partial charge in [0.2, 0.25) is 0 Å². The predicted octanol–water partition coefficient (Wildman–Crippen LogP) is 3.13. The van der Waals surface area contributed by atoms with Gasteiger partial charge in [-0.2, -0.15) is 0 Å². The zero-order chi connectivity index (χ0) is 12.5. The Morgan fingerprint density at radius 1 is 1.29 bits per heavy atom. The number of unbranched alkanes of at least 4 members (excludes halogenated alkanes) is 4. The van der Waals surface area contributed by atoms with Gasteiger partial charge in [0.15, 0.2) is 0 Å². The molecule has 94 valence electrons. The van der Waals surface area contributed by atoms with E-state index in [0.717, 1.165) is 6.42 Å². The minimum atomic E-state index is -1.02. The van der Waals surface area contributed by atoms with E-state index in [2.05, 4.69) is 11.9 Å². The minimum absolute atomic E-state index is 0.0419. The highest BCUT2D eigenvalue weighted by Gasteiger charge is 2.03. The standard InChI is InChI=1S/C13H19NO3/c1-2-3-4-5-6-9-17-11-7-8-12(13(15)16)14-10-11/h7-8,10H,2-6,9H2,1H3,(H,15,16). The number of hydrogen-bond donors (Lipinski definition) is 1. The fourth-order valence-corrected chi connectivity index (χ4v) is 1.49. The van der Waals surface area contributed by atoms with Crippen molar-refractivity contribution >= 4 is 5.97 Å². The molecule has 1 heterocycles. The van der Waals surface area contributed by atoms with Gasteiger partial charge in [0.05, 0.1) is 12.8 Å². The van der Waals surface area contributed by atoms with Crippen LogP contribution in [0.4, 0.5) is 0 Å². The van der Waals surface area contributed by atoms with E-state index in [4.69, 9.17) is 9.84 Å². The molecule has 17 heavy (non-hydrogen) atoms. The Morgan fingerprint density at radius 2 is 2.06 bits per heavy atom. The van der Waals surface area contributed by atoms with Crippen LogP contribution in [0.3, 0.4) is 0 Å². The predicted molar refractivity (Wildman–Crippen MR) is 65.5 cm³/mol. The average molecular weight is 237 g/mol. The van der Waals surface area contributed by atoms with Crippen LogP contribution in [0.1, 0.15) is 49.5 Å². The van der Waals surface area contributed by atoms with Crippen molar-refractivity contribution in [3.05, 3.63) is 24.0 Å². The summed E-state index contributed by atoms with van der Waals surface area (Å²) in [6.45, 7) is 2.85. The van der Waals surface area contributed by atoms with Gasteiger partial charge in [-0.25, -0.2) is 9.78 Å². The van der Waals surface area contributed by atoms with E-state index < -0.39 is 5.97 Å². The van der Waals surface area contributed by atoms with Crippen molar-refractivity contribution in [3.63, 3.8) is 0 Å². The fourth-order valence-electron chi connectivity index (χ4n) is 1.49. The molecule has 0 aliphatic rings. The van der Waals surface area contributed by atoms with E-state index in [1.54, 1.807) is 6.07 Å². The minimum Gasteiger partial charge on any atom is -0.492 e. The van der Waals surface area contributed by atoms with Crippen LogP contribution in [0.15, 0.2) is 18.3 Å². The molecule has 0 amide bonds. The SMILES string of the molecule is CCCCCCCOc1ccc(C(=O)O)nc1. The lowest BCUT2D eigenvalue weighted by molar-refractivity contribution is 0.0690. The molecule has 0 saturated heterocycles. The summed E-state index contributed by atoms with van der Waals surface area (Å²) in [7, 11) is 0. The van der Waals surface area contributed by atoms with Gasteiger partial charge in [-0.05, 0) is 18.6 Å². The van der Waals surface area contributed by atoms with Crippen molar-refractivity contribution < 1.29 is 14.6 Å². The Kier molecular flexibility index (Phi) is 6.07. The number of carboxylic acid groups (broad SMARTS) is 1. The van der Waals surface area contributed by atoms with Gasteiger partial charge in [0, 0.05) is 0 Å². The molecule has 0 aliphatic heterocycles. The quantitative estimate of drug-likeness (QED) is 0.706. The smallest absolute Gasteiger partial charge is 0.354 e. The number of nitrogens with zero attached hydrogens (tertiary/aromatic N) is 1. The number of rotatable bonds is 8. The zero-order valence-electron chi connectivity index (χ0n) is 10.2. The summed E-state index contributed by atoms with van der Waals surface area (Å²) in [6.07, 6.45) is 7.41. The Hall–Kier alpha value is -1.58. The Bertz CT molecular complexity index is 335. The maximum atomic E-state index is 10.6. The number of carboxylic acids is 1. The summed E-state index contributed by atoms with van der Waals surface area (Å²) in [5.41, 5.74) is 0.0419. The van der Waals surface area contributed by atoms with Crippen LogP contribution in [-0.4, -0.2) is 22.7 Å². The second kappa shape index (κ2) is 7.65. The summed E-state index contributed by atoms with van der Waals surface area (Å²) in [5.74, 6) is -0.387. The van der Waals surface area contributed by atoms with E-state index in [1.165, 1.54) is 37.9 Å². The number of carbonyl (C=O) groups is 1. The van der Waals surface area contributed by atoms with Gasteiger partial charge in [-0.15, -0.1) is 0 Å². The molecule has 0 fully saturated rings. The first-order chi connectivity index (χ1) is 8.24. The van der Waals surface area contributed by atoms with Crippen LogP contribution >= 0.6 is 0 Å². The highest BCUT2D eigenvalue weighted by atomic mass is 16.5. The summed E-state index contributed by atoms with van der Waals surface area (Å²) in [5, 5.41) is 8.67. The van der Waals surface area contributed by atoms with Crippen molar-refractivity contribution in [2.24, 2.45) is 0 Å². The second-order valence-electron chi connectivity index (χ2n) is 3.95. The molecule has 0 bridgehead atoms. The van der Waals surface area contributed by atoms with Gasteiger partial charge in [-0.1, -0.05) is 32.6 Å². The fraction of sp³-hybridized carbons (Fsp3) is 0.538. The molecule has 4 nitrogen and oxygen atoms in total. The van der Waals surface area contributed by atoms with Crippen LogP contribution in [0.25, 0.3) is 0 Å². The Morgan fingerprint density at radius 3 is 2.65 bits per heavy atom. The lowest BCUT2D eigenvalue weighted by Crippen LogP contribution is -2.01. The number of ether oxygens (including phenoxy) is 1. The molecule has 0 spiro atoms. The molecule has 1 rings (SSSR count). The van der Waals surface area contributed by atoms with E-state index in [9.17, 15) is 4.79 Å². The van der Waals surface area contributed by atoms with Crippen LogP contribution in [0, 0.1) is 0 Å². The summed E-state index contributed by atoms with van der Waals surface area (Å²) < 4.78 is 5.47. The molecule has 4 heteroatoms. The van der Waals surface area contributed by atoms with E-state index in [1.807, 2.05) is 0 Å². The summed E-state index contributed by atoms with van der Waals surface area (Å²) in [6, 6.07) is 3.09. The molecule has 1 aromatic rings. The highest BCUT2D eigenvalue weighted by molar-refractivity contribution is 5.85. The summed E-state index contributed by atoms with van der Waals surface area (Å²) in [4.78, 5) is 14.4. The molecule has 0 aromatic carbocycles. The molecule has 0 aliphatic carbocycles. The first-order valence-corrected chi connectivity index (χ1v) is 6.06. The van der Waals surface area contributed by atoms with Crippen molar-refractivity contribution in [2.45, 2.75) is 39.0 Å². The molecule has 0 unspecified atom stereocenters. The lowest BCUT2D eigenvalue weighted by atomic mass is 10.2. The van der Waals surface area contributed by atoms with Crippen LogP contribution in [0.2, 0.25) is 0 Å². The normalized spacial score (nSPS) is 10.2. The average Bonchev–Trinajstić information content (AvgIpc) is 2.34. The number of aromatic carboxylic acids is 1. The third-order valence-corrected chi connectivity index (χ3v) is 2.47. The van der Waals surface area contributed by atoms with Crippen LogP contribution < -0.4 is 4.74 Å². The third kappa shape index (κ3) is 5.33. The largest absolute Gasteiger partial charge is 0.492 e. The van der Waals surface area contributed by atoms with Gasteiger partial charge in [-0.3, -0.25) is 0 Å². The first-order valence-electron chi connectivity index (χ1n) is 6.06. The molecular weight excluding hydrogens is 218 g/mol. The van der Waals surface area contributed by atoms with Crippen LogP contribution in [0.5, 0.6) is 5.75 Å². The number of hydrogen-bond acceptors (Lipinski definition) is 3. The van der Waals surface area contributed by atoms with E-state index in [-0.39, 0.29) is 5.69 Å². The molecule has 1 aromatic heterocycles. The lowest BCUT2D eigenvalue weighted by Gasteiger charge is -2.05. The monoisotopic (exact) mass is 237 g/mol. The van der Waals surface area contributed by atoms with Crippen molar-refractivity contribution in [2.75, 3.05) is 6.61 Å². The molecular formula is C13H19NO3. The molecule has 1 N–H and O–H groups in total. The van der Waals surface area contributed by atoms with Crippen molar-refractivity contribution in [1.29, 1.82) is 0 Å². The topological polar surface area (TPSA) is 59.4 Å². The maximum Gasteiger partial charge on any atom is 0.354 e. The Labute approximate surface area is 102 Å². The molecule has 0 saturated carbocycles. The molecule has 0 radical (unpaired) electrons. The Balaban J connectivity index is 2.21. The van der Waals surface area contributed by atoms with Gasteiger partial charge >= 0.3 is 5.97 Å². The highest BCUT2D eigenvalue weighted by Crippen LogP contribution is 2.10. The van der Waals surface area contributed by atoms with Gasteiger partial charge in [0.1, 0.15) is 11.4 Å². The summed E-state index contributed by atoms with van der Waals surface area (Å²) >= 11 is 0. The first kappa shape index (κ1) is 13.5. The molecule has 0 atom stereocenters. The van der Waals surface area contributed by atoms with E-state index in [0.29, 0.717) is 12.4 Å². The van der Waals surface area contributed by atoms with Crippen molar-refractivity contribution in [1.82, 2.24) is 4.98 Å². The number of aromatic nitrogens is 1. The third-order valence-electron chi connectivity index (χ3n) is 2.47. The van der Waals surface area contributed by atoms with Crippen LogP contribution in [-0.2, 0) is 0 Å². The number of pyridine rings is 1. The van der Waals surface area contributed by atoms with E-state index >= 15 is 0 Å². The zero-order valence-corrected chi connectivity index (χ0v) is 10.2. The van der Waals surface area contributed by atoms with Gasteiger partial charge < -0.3 is 9.84 Å². The van der Waals surface area contributed by atoms with Crippen molar-refractivity contribution in [3.8, 4) is 5.75 Å². The van der Waals surface area contributed by atoms with Gasteiger partial charge in [0.25, 0.3) is 0 Å². The second-order valence-corrected chi connectivity index (χ2v) is 3.95. The maximum absolute atomic E-state index is 10.6.